The predicted molar refractivity (Wildman–Crippen MR) is 59.1 cm³/mol. The summed E-state index contributed by atoms with van der Waals surface area (Å²) in [6, 6.07) is 9.54. The van der Waals surface area contributed by atoms with E-state index in [1.165, 1.54) is 10.9 Å². The second-order valence-corrected chi connectivity index (χ2v) is 3.40. The van der Waals surface area contributed by atoms with Crippen molar-refractivity contribution < 1.29 is 9.90 Å². The quantitative estimate of drug-likeness (QED) is 0.809. The van der Waals surface area contributed by atoms with Crippen LogP contribution in [-0.4, -0.2) is 20.6 Å². The fourth-order valence-electron chi connectivity index (χ4n) is 1.53. The van der Waals surface area contributed by atoms with E-state index >= 15 is 0 Å². The molecule has 16 heavy (non-hydrogen) atoms. The number of hydrogen-bond acceptors (Lipinski definition) is 3. The Labute approximate surface area is 92.2 Å². The lowest BCUT2D eigenvalue weighted by Crippen LogP contribution is -2.10. The molecule has 0 fully saturated rings. The Morgan fingerprint density at radius 3 is 2.69 bits per heavy atom. The lowest BCUT2D eigenvalue weighted by atomic mass is 10.2. The summed E-state index contributed by atoms with van der Waals surface area (Å²) in [5.74, 6) is -1.02. The minimum absolute atomic E-state index is 0.0313. The van der Waals surface area contributed by atoms with Gasteiger partial charge in [0.05, 0.1) is 6.33 Å². The van der Waals surface area contributed by atoms with E-state index in [1.807, 2.05) is 30.3 Å². The monoisotopic (exact) mass is 217 g/mol. The molecule has 0 saturated heterocycles. The van der Waals surface area contributed by atoms with E-state index < -0.39 is 5.97 Å². The molecule has 5 heteroatoms. The minimum Gasteiger partial charge on any atom is -0.476 e. The molecule has 0 aliphatic rings. The van der Waals surface area contributed by atoms with Gasteiger partial charge in [0, 0.05) is 6.54 Å². The maximum Gasteiger partial charge on any atom is 0.356 e. The highest BCUT2D eigenvalue weighted by atomic mass is 16.4. The fraction of sp³-hybridized carbons (Fsp3) is 0.0909. The molecular formula is C11H11N3O2. The maximum absolute atomic E-state index is 11.0. The van der Waals surface area contributed by atoms with Crippen LogP contribution >= 0.6 is 0 Å². The number of aromatic carboxylic acids is 1. The Morgan fingerprint density at radius 1 is 1.38 bits per heavy atom. The minimum atomic E-state index is -1.06. The number of carboxylic acids is 1. The number of carbonyl (C=O) groups is 1. The lowest BCUT2D eigenvalue weighted by molar-refractivity contribution is 0.0687. The number of nitrogens with two attached hydrogens (primary N) is 1. The lowest BCUT2D eigenvalue weighted by Gasteiger charge is -2.05. The van der Waals surface area contributed by atoms with Crippen LogP contribution in [0.2, 0.25) is 0 Å². The number of anilines is 1. The van der Waals surface area contributed by atoms with Gasteiger partial charge in [-0.3, -0.25) is 0 Å². The molecular weight excluding hydrogens is 206 g/mol. The van der Waals surface area contributed by atoms with Gasteiger partial charge >= 0.3 is 5.97 Å². The summed E-state index contributed by atoms with van der Waals surface area (Å²) in [6.07, 6.45) is 1.44. The van der Waals surface area contributed by atoms with Crippen molar-refractivity contribution >= 4 is 11.8 Å². The van der Waals surface area contributed by atoms with Crippen molar-refractivity contribution in [1.82, 2.24) is 9.55 Å². The zero-order valence-electron chi connectivity index (χ0n) is 8.50. The van der Waals surface area contributed by atoms with Gasteiger partial charge in [-0.15, -0.1) is 0 Å². The molecule has 0 bridgehead atoms. The first kappa shape index (κ1) is 10.2. The summed E-state index contributed by atoms with van der Waals surface area (Å²) in [5, 5.41) is 8.97. The topological polar surface area (TPSA) is 81.1 Å². The van der Waals surface area contributed by atoms with Gasteiger partial charge in [0.1, 0.15) is 0 Å². The second kappa shape index (κ2) is 4.06. The van der Waals surface area contributed by atoms with E-state index in [-0.39, 0.29) is 11.5 Å². The van der Waals surface area contributed by atoms with Crippen LogP contribution in [0.3, 0.4) is 0 Å². The molecule has 0 amide bonds. The summed E-state index contributed by atoms with van der Waals surface area (Å²) in [4.78, 5) is 14.7. The summed E-state index contributed by atoms with van der Waals surface area (Å²) >= 11 is 0. The van der Waals surface area contributed by atoms with Crippen LogP contribution < -0.4 is 5.73 Å². The first-order valence-electron chi connectivity index (χ1n) is 4.76. The summed E-state index contributed by atoms with van der Waals surface area (Å²) in [6.45, 7) is 0.451. The van der Waals surface area contributed by atoms with E-state index in [4.69, 9.17) is 10.8 Å². The van der Waals surface area contributed by atoms with Gasteiger partial charge < -0.3 is 15.4 Å². The molecule has 2 rings (SSSR count). The molecule has 5 nitrogen and oxygen atoms in total. The molecule has 0 spiro atoms. The maximum atomic E-state index is 11.0. The molecule has 1 aromatic carbocycles. The molecule has 0 aliphatic heterocycles. The highest BCUT2D eigenvalue weighted by Crippen LogP contribution is 2.12. The zero-order valence-corrected chi connectivity index (χ0v) is 8.50. The van der Waals surface area contributed by atoms with E-state index in [2.05, 4.69) is 4.98 Å². The second-order valence-electron chi connectivity index (χ2n) is 3.40. The third-order valence-corrected chi connectivity index (χ3v) is 2.26. The zero-order chi connectivity index (χ0) is 11.5. The Hall–Kier alpha value is -2.30. The van der Waals surface area contributed by atoms with E-state index in [0.717, 1.165) is 5.56 Å². The molecule has 0 radical (unpaired) electrons. The number of rotatable bonds is 3. The van der Waals surface area contributed by atoms with Crippen LogP contribution in [0, 0.1) is 0 Å². The predicted octanol–water partition coefficient (Wildman–Crippen LogP) is 1.21. The summed E-state index contributed by atoms with van der Waals surface area (Å²) in [7, 11) is 0. The fourth-order valence-corrected chi connectivity index (χ4v) is 1.53. The van der Waals surface area contributed by atoms with Crippen LogP contribution in [-0.2, 0) is 6.54 Å². The number of hydrogen-bond donors (Lipinski definition) is 2. The Morgan fingerprint density at radius 2 is 2.06 bits per heavy atom. The van der Waals surface area contributed by atoms with Gasteiger partial charge in [-0.1, -0.05) is 30.3 Å². The Bertz CT molecular complexity index is 505. The normalized spacial score (nSPS) is 10.2. The number of nitrogens with zero attached hydrogens (tertiary/aromatic N) is 2. The molecule has 0 saturated carbocycles. The van der Waals surface area contributed by atoms with Crippen molar-refractivity contribution in [2.45, 2.75) is 6.54 Å². The van der Waals surface area contributed by atoms with Gasteiger partial charge in [-0.2, -0.15) is 0 Å². The standard InChI is InChI=1S/C11H11N3O2/c12-10-9(11(15)16)14(7-13-10)6-8-4-2-1-3-5-8/h1-5,7H,6,12H2,(H,15,16). The summed E-state index contributed by atoms with van der Waals surface area (Å²) in [5.41, 5.74) is 6.52. The molecule has 0 unspecified atom stereocenters. The highest BCUT2D eigenvalue weighted by Gasteiger charge is 2.15. The molecule has 1 heterocycles. The summed E-state index contributed by atoms with van der Waals surface area (Å²) < 4.78 is 1.52. The number of nitrogen functional groups attached to an aromatic ring is 1. The highest BCUT2D eigenvalue weighted by molar-refractivity contribution is 5.90. The van der Waals surface area contributed by atoms with E-state index in [0.29, 0.717) is 6.54 Å². The Kier molecular flexibility index (Phi) is 2.59. The van der Waals surface area contributed by atoms with Gasteiger partial charge in [0.15, 0.2) is 11.5 Å². The largest absolute Gasteiger partial charge is 0.476 e. The van der Waals surface area contributed by atoms with Crippen molar-refractivity contribution in [2.75, 3.05) is 5.73 Å². The first-order chi connectivity index (χ1) is 7.68. The number of benzene rings is 1. The SMILES string of the molecule is Nc1ncn(Cc2ccccc2)c1C(=O)O. The van der Waals surface area contributed by atoms with Crippen molar-refractivity contribution in [1.29, 1.82) is 0 Å². The average molecular weight is 217 g/mol. The van der Waals surface area contributed by atoms with Crippen molar-refractivity contribution in [3.05, 3.63) is 47.9 Å². The number of carboxylic acid groups (broad SMARTS) is 1. The van der Waals surface area contributed by atoms with Crippen LogP contribution in [0.5, 0.6) is 0 Å². The van der Waals surface area contributed by atoms with Crippen molar-refractivity contribution in [3.63, 3.8) is 0 Å². The van der Waals surface area contributed by atoms with Crippen molar-refractivity contribution in [3.8, 4) is 0 Å². The van der Waals surface area contributed by atoms with Gasteiger partial charge in [-0.05, 0) is 5.56 Å². The molecule has 0 aliphatic carbocycles. The molecule has 82 valence electrons. The van der Waals surface area contributed by atoms with Gasteiger partial charge in [0.2, 0.25) is 0 Å². The van der Waals surface area contributed by atoms with E-state index in [9.17, 15) is 4.79 Å². The van der Waals surface area contributed by atoms with Crippen LogP contribution in [0.1, 0.15) is 16.1 Å². The van der Waals surface area contributed by atoms with Crippen LogP contribution in [0.4, 0.5) is 5.82 Å². The van der Waals surface area contributed by atoms with Crippen LogP contribution in [0.25, 0.3) is 0 Å². The smallest absolute Gasteiger partial charge is 0.356 e. The third-order valence-electron chi connectivity index (χ3n) is 2.26. The Balaban J connectivity index is 2.32. The van der Waals surface area contributed by atoms with Crippen molar-refractivity contribution in [2.24, 2.45) is 0 Å². The first-order valence-corrected chi connectivity index (χ1v) is 4.76. The van der Waals surface area contributed by atoms with Gasteiger partial charge in [0.25, 0.3) is 0 Å². The molecule has 3 N–H and O–H groups in total. The average Bonchev–Trinajstić information content (AvgIpc) is 2.61. The van der Waals surface area contributed by atoms with Gasteiger partial charge in [-0.25, -0.2) is 9.78 Å². The van der Waals surface area contributed by atoms with Crippen LogP contribution in [0.15, 0.2) is 36.7 Å². The number of aromatic nitrogens is 2. The third kappa shape index (κ3) is 1.88. The molecule has 1 aromatic heterocycles. The molecule has 2 aromatic rings. The molecule has 0 atom stereocenters. The number of imidazole rings is 1. The van der Waals surface area contributed by atoms with E-state index in [1.54, 1.807) is 0 Å².